The number of nitriles is 1. The van der Waals surface area contributed by atoms with Crippen molar-refractivity contribution < 1.29 is 19.1 Å². The second kappa shape index (κ2) is 11.7. The molecule has 4 rings (SSSR count). The lowest BCUT2D eigenvalue weighted by molar-refractivity contribution is 0.0938. The van der Waals surface area contributed by atoms with Crippen LogP contribution < -0.4 is 15.4 Å². The minimum absolute atomic E-state index is 0.0698. The maximum atomic E-state index is 13.6. The van der Waals surface area contributed by atoms with Gasteiger partial charge in [0.25, 0.3) is 11.8 Å². The van der Waals surface area contributed by atoms with Crippen molar-refractivity contribution in [2.75, 3.05) is 25.6 Å². The van der Waals surface area contributed by atoms with Gasteiger partial charge in [-0.3, -0.25) is 9.59 Å². The zero-order valence-electron chi connectivity index (χ0n) is 19.8. The molecule has 188 valence electrons. The third-order valence-corrected chi connectivity index (χ3v) is 6.07. The van der Waals surface area contributed by atoms with Crippen molar-refractivity contribution in [3.63, 3.8) is 0 Å². The molecule has 37 heavy (non-hydrogen) atoms. The lowest BCUT2D eigenvalue weighted by Gasteiger charge is -2.15. The van der Waals surface area contributed by atoms with E-state index in [0.717, 1.165) is 0 Å². The van der Waals surface area contributed by atoms with E-state index in [2.05, 4.69) is 20.7 Å². The van der Waals surface area contributed by atoms with Gasteiger partial charge in [0.15, 0.2) is 5.82 Å². The lowest BCUT2D eigenvalue weighted by atomic mass is 10.0. The first kappa shape index (κ1) is 25.8. The summed E-state index contributed by atoms with van der Waals surface area (Å²) in [4.78, 5) is 30.7. The summed E-state index contributed by atoms with van der Waals surface area (Å²) >= 11 is 7.80. The Morgan fingerprint density at radius 2 is 2.08 bits per heavy atom. The van der Waals surface area contributed by atoms with Gasteiger partial charge in [-0.25, -0.2) is 9.67 Å². The van der Waals surface area contributed by atoms with Crippen LogP contribution in [0.15, 0.2) is 53.4 Å². The average Bonchev–Trinajstić information content (AvgIpc) is 3.55. The number of rotatable bonds is 9. The van der Waals surface area contributed by atoms with Crippen LogP contribution in [0.2, 0.25) is 5.02 Å². The van der Waals surface area contributed by atoms with Crippen molar-refractivity contribution in [2.45, 2.75) is 6.92 Å². The number of hydrogen-bond acceptors (Lipinski definition) is 8. The molecule has 0 saturated heterocycles. The van der Waals surface area contributed by atoms with Gasteiger partial charge in [-0.2, -0.15) is 5.26 Å². The molecule has 12 heteroatoms. The number of benzene rings is 1. The number of anilines is 1. The molecule has 4 aromatic rings. The summed E-state index contributed by atoms with van der Waals surface area (Å²) in [5, 5.41) is 23.2. The molecule has 2 amide bonds. The number of thiophene rings is 1. The van der Waals surface area contributed by atoms with Gasteiger partial charge < -0.3 is 20.1 Å². The molecule has 0 fully saturated rings. The molecule has 0 saturated carbocycles. The van der Waals surface area contributed by atoms with Gasteiger partial charge in [-0.05, 0) is 48.2 Å². The van der Waals surface area contributed by atoms with Crippen LogP contribution in [0, 0.1) is 18.3 Å². The van der Waals surface area contributed by atoms with Crippen LogP contribution in [0.4, 0.5) is 5.69 Å². The van der Waals surface area contributed by atoms with Crippen LogP contribution in [-0.4, -0.2) is 46.8 Å². The van der Waals surface area contributed by atoms with Crippen LogP contribution >= 0.6 is 22.9 Å². The lowest BCUT2D eigenvalue weighted by Crippen LogP contribution is -2.29. The van der Waals surface area contributed by atoms with Crippen molar-refractivity contribution in [3.05, 3.63) is 80.8 Å². The van der Waals surface area contributed by atoms with Gasteiger partial charge in [0.05, 0.1) is 34.5 Å². The Balaban J connectivity index is 1.73. The highest BCUT2D eigenvalue weighted by molar-refractivity contribution is 7.08. The van der Waals surface area contributed by atoms with Gasteiger partial charge in [0.1, 0.15) is 11.4 Å². The molecule has 3 aromatic heterocycles. The number of pyridine rings is 1. The number of carbonyl (C=O) groups is 2. The Morgan fingerprint density at radius 3 is 2.78 bits per heavy atom. The second-order valence-electron chi connectivity index (χ2n) is 7.68. The third-order valence-electron chi connectivity index (χ3n) is 5.12. The van der Waals surface area contributed by atoms with E-state index < -0.39 is 11.8 Å². The van der Waals surface area contributed by atoms with Crippen LogP contribution in [0.5, 0.6) is 11.6 Å². The molecule has 2 N–H and O–H groups in total. The summed E-state index contributed by atoms with van der Waals surface area (Å²) < 4.78 is 12.0. The number of carbonyl (C=O) groups excluding carboxylic acids is 2. The minimum atomic E-state index is -0.590. The van der Waals surface area contributed by atoms with Gasteiger partial charge in [-0.15, -0.1) is 16.4 Å². The van der Waals surface area contributed by atoms with E-state index in [4.69, 9.17) is 21.1 Å². The molecular weight excluding hydrogens is 516 g/mol. The molecule has 0 unspecified atom stereocenters. The maximum Gasteiger partial charge on any atom is 0.274 e. The first-order valence-corrected chi connectivity index (χ1v) is 12.3. The predicted octanol–water partition coefficient (Wildman–Crippen LogP) is 4.58. The topological polar surface area (TPSA) is 131 Å². The third kappa shape index (κ3) is 5.95. The standard InChI is InChI=1S/C25H21ClN6O4S/c1-15-10-16(13-27)11-18(24(33)29-7-8-35-2)22(15)30-25(34)20-12-21(36-17-5-9-37-14-17)31-32(20)23-19(26)4-3-6-28-23/h3-6,9-12,14H,7-8H2,1-2H3,(H,29,33)(H,30,34). The van der Waals surface area contributed by atoms with Crippen LogP contribution in [0.3, 0.4) is 0 Å². The van der Waals surface area contributed by atoms with E-state index >= 15 is 0 Å². The van der Waals surface area contributed by atoms with Crippen LogP contribution in [-0.2, 0) is 4.74 Å². The molecule has 0 bridgehead atoms. The van der Waals surface area contributed by atoms with E-state index in [0.29, 0.717) is 17.9 Å². The maximum absolute atomic E-state index is 13.6. The highest BCUT2D eigenvalue weighted by Crippen LogP contribution is 2.28. The molecular formula is C25H21ClN6O4S. The number of aryl methyl sites for hydroxylation is 1. The average molecular weight is 537 g/mol. The number of nitrogens with one attached hydrogen (secondary N) is 2. The molecule has 1 aromatic carbocycles. The van der Waals surface area contributed by atoms with E-state index in [1.165, 1.54) is 41.5 Å². The molecule has 0 aliphatic rings. The molecule has 0 atom stereocenters. The monoisotopic (exact) mass is 536 g/mol. The quantitative estimate of drug-likeness (QED) is 0.299. The highest BCUT2D eigenvalue weighted by atomic mass is 35.5. The Labute approximate surface area is 221 Å². The fourth-order valence-electron chi connectivity index (χ4n) is 3.43. The number of halogens is 1. The first-order valence-electron chi connectivity index (χ1n) is 11.0. The largest absolute Gasteiger partial charge is 0.437 e. The molecule has 0 aliphatic heterocycles. The second-order valence-corrected chi connectivity index (χ2v) is 8.87. The summed E-state index contributed by atoms with van der Waals surface area (Å²) in [6.45, 7) is 2.26. The van der Waals surface area contributed by atoms with Gasteiger partial charge in [-0.1, -0.05) is 11.6 Å². The molecule has 0 aliphatic carbocycles. The van der Waals surface area contributed by atoms with Crippen molar-refractivity contribution in [3.8, 4) is 23.5 Å². The van der Waals surface area contributed by atoms with E-state index in [1.807, 2.05) is 11.4 Å². The number of methoxy groups -OCH3 is 1. The minimum Gasteiger partial charge on any atom is -0.437 e. The van der Waals surface area contributed by atoms with Gasteiger partial charge in [0.2, 0.25) is 5.88 Å². The zero-order chi connectivity index (χ0) is 26.4. The van der Waals surface area contributed by atoms with E-state index in [9.17, 15) is 14.9 Å². The SMILES string of the molecule is COCCNC(=O)c1cc(C#N)cc(C)c1NC(=O)c1cc(Oc2ccsc2)nn1-c1ncccc1Cl. The van der Waals surface area contributed by atoms with Crippen molar-refractivity contribution in [1.82, 2.24) is 20.1 Å². The number of nitrogens with zero attached hydrogens (tertiary/aromatic N) is 4. The zero-order valence-corrected chi connectivity index (χ0v) is 21.4. The summed E-state index contributed by atoms with van der Waals surface area (Å²) in [7, 11) is 1.52. The smallest absolute Gasteiger partial charge is 0.274 e. The molecule has 0 spiro atoms. The van der Waals surface area contributed by atoms with E-state index in [-0.39, 0.29) is 45.8 Å². The number of ether oxygens (including phenoxy) is 2. The van der Waals surface area contributed by atoms with Crippen LogP contribution in [0.1, 0.15) is 32.0 Å². The first-order chi connectivity index (χ1) is 17.9. The highest BCUT2D eigenvalue weighted by Gasteiger charge is 2.23. The molecule has 0 radical (unpaired) electrons. The van der Waals surface area contributed by atoms with Gasteiger partial charge >= 0.3 is 0 Å². The Morgan fingerprint density at radius 1 is 1.24 bits per heavy atom. The van der Waals surface area contributed by atoms with Crippen molar-refractivity contribution >= 4 is 40.4 Å². The predicted molar refractivity (Wildman–Crippen MR) is 139 cm³/mol. The Hall–Kier alpha value is -4.24. The summed E-state index contributed by atoms with van der Waals surface area (Å²) in [5.74, 6) is -0.113. The van der Waals surface area contributed by atoms with Crippen molar-refractivity contribution in [2.24, 2.45) is 0 Å². The van der Waals surface area contributed by atoms with Gasteiger partial charge in [0, 0.05) is 31.3 Å². The normalized spacial score (nSPS) is 10.5. The number of aromatic nitrogens is 3. The summed E-state index contributed by atoms with van der Waals surface area (Å²) in [6.07, 6.45) is 1.53. The fourth-order valence-corrected chi connectivity index (χ4v) is 4.19. The fraction of sp³-hybridized carbons (Fsp3) is 0.160. The van der Waals surface area contributed by atoms with E-state index in [1.54, 1.807) is 36.6 Å². The molecule has 3 heterocycles. The number of amides is 2. The van der Waals surface area contributed by atoms with Crippen LogP contribution in [0.25, 0.3) is 5.82 Å². The Kier molecular flexibility index (Phi) is 8.15. The Bertz CT molecular complexity index is 1480. The summed E-state index contributed by atoms with van der Waals surface area (Å²) in [5.41, 5.74) is 1.27. The summed E-state index contributed by atoms with van der Waals surface area (Å²) in [6, 6.07) is 11.5. The van der Waals surface area contributed by atoms with Crippen molar-refractivity contribution in [1.29, 1.82) is 5.26 Å². The number of hydrogen-bond donors (Lipinski definition) is 2. The molecule has 10 nitrogen and oxygen atoms in total.